The molecule has 1 amide bonds. The molecule has 2 heterocycles. The van der Waals surface area contributed by atoms with Crippen LogP contribution in [0.2, 0.25) is 0 Å². The second-order valence-electron chi connectivity index (χ2n) is 4.20. The van der Waals surface area contributed by atoms with E-state index in [0.717, 1.165) is 26.2 Å². The third kappa shape index (κ3) is 1.56. The number of hydrogen-bond donors (Lipinski definition) is 1. The van der Waals surface area contributed by atoms with Crippen LogP contribution < -0.4 is 0 Å². The molecular formula is C9H16N2O2. The van der Waals surface area contributed by atoms with Gasteiger partial charge in [-0.25, -0.2) is 0 Å². The summed E-state index contributed by atoms with van der Waals surface area (Å²) in [5.74, 6) is 1.16. The molecule has 0 saturated carbocycles. The number of aliphatic hydroxyl groups excluding tert-OH is 1. The SMILES string of the molecule is CN1C[C@@H]2CN(C(=O)CO)C[C@@H]2C1. The minimum atomic E-state index is -0.338. The molecule has 0 spiro atoms. The number of aliphatic hydroxyl groups is 1. The Morgan fingerprint density at radius 1 is 1.31 bits per heavy atom. The number of carbonyl (C=O) groups excluding carboxylic acids is 1. The van der Waals surface area contributed by atoms with Crippen LogP contribution in [0, 0.1) is 11.8 Å². The first kappa shape index (κ1) is 8.97. The van der Waals surface area contributed by atoms with Crippen molar-refractivity contribution in [3.63, 3.8) is 0 Å². The summed E-state index contributed by atoms with van der Waals surface area (Å²) in [5, 5.41) is 8.71. The lowest BCUT2D eigenvalue weighted by Gasteiger charge is -2.17. The Morgan fingerprint density at radius 2 is 1.85 bits per heavy atom. The van der Waals surface area contributed by atoms with Gasteiger partial charge in [0, 0.05) is 26.2 Å². The first-order valence-corrected chi connectivity index (χ1v) is 4.78. The Kier molecular flexibility index (Phi) is 2.26. The molecule has 0 bridgehead atoms. The topological polar surface area (TPSA) is 43.8 Å². The summed E-state index contributed by atoms with van der Waals surface area (Å²) in [6.07, 6.45) is 0. The average Bonchev–Trinajstić information content (AvgIpc) is 2.59. The van der Waals surface area contributed by atoms with Gasteiger partial charge >= 0.3 is 0 Å². The summed E-state index contributed by atoms with van der Waals surface area (Å²) in [7, 11) is 2.12. The van der Waals surface area contributed by atoms with E-state index in [1.165, 1.54) is 0 Å². The van der Waals surface area contributed by atoms with Crippen LogP contribution in [0.1, 0.15) is 0 Å². The lowest BCUT2D eigenvalue weighted by Crippen LogP contribution is -2.34. The van der Waals surface area contributed by atoms with Gasteiger partial charge in [0.2, 0.25) is 5.91 Å². The average molecular weight is 184 g/mol. The van der Waals surface area contributed by atoms with E-state index in [1.807, 2.05) is 0 Å². The van der Waals surface area contributed by atoms with Gasteiger partial charge in [-0.15, -0.1) is 0 Å². The fraction of sp³-hybridized carbons (Fsp3) is 0.889. The van der Waals surface area contributed by atoms with E-state index < -0.39 is 0 Å². The lowest BCUT2D eigenvalue weighted by molar-refractivity contribution is -0.133. The Balaban J connectivity index is 1.93. The van der Waals surface area contributed by atoms with Crippen molar-refractivity contribution in [1.29, 1.82) is 0 Å². The Hall–Kier alpha value is -0.610. The lowest BCUT2D eigenvalue weighted by atomic mass is 10.0. The van der Waals surface area contributed by atoms with Crippen molar-refractivity contribution < 1.29 is 9.90 Å². The minimum absolute atomic E-state index is 0.114. The molecule has 2 rings (SSSR count). The number of rotatable bonds is 1. The van der Waals surface area contributed by atoms with Crippen molar-refractivity contribution in [3.05, 3.63) is 0 Å². The maximum Gasteiger partial charge on any atom is 0.248 e. The van der Waals surface area contributed by atoms with Crippen molar-refractivity contribution in [2.45, 2.75) is 0 Å². The summed E-state index contributed by atoms with van der Waals surface area (Å²) in [6, 6.07) is 0. The molecule has 0 radical (unpaired) electrons. The smallest absolute Gasteiger partial charge is 0.248 e. The zero-order valence-electron chi connectivity index (χ0n) is 7.94. The Labute approximate surface area is 78.1 Å². The molecule has 0 aliphatic carbocycles. The van der Waals surface area contributed by atoms with Gasteiger partial charge in [0.25, 0.3) is 0 Å². The predicted octanol–water partition coefficient (Wildman–Crippen LogP) is -1.00. The van der Waals surface area contributed by atoms with Crippen LogP contribution in [-0.4, -0.2) is 60.6 Å². The molecule has 0 aromatic rings. The van der Waals surface area contributed by atoms with E-state index in [9.17, 15) is 4.79 Å². The molecule has 0 unspecified atom stereocenters. The molecule has 4 nitrogen and oxygen atoms in total. The summed E-state index contributed by atoms with van der Waals surface area (Å²) >= 11 is 0. The predicted molar refractivity (Wildman–Crippen MR) is 48.1 cm³/mol. The molecule has 13 heavy (non-hydrogen) atoms. The van der Waals surface area contributed by atoms with E-state index in [4.69, 9.17) is 5.11 Å². The molecule has 0 aromatic heterocycles. The van der Waals surface area contributed by atoms with E-state index in [0.29, 0.717) is 11.8 Å². The van der Waals surface area contributed by atoms with Crippen molar-refractivity contribution in [3.8, 4) is 0 Å². The molecule has 2 aliphatic rings. The number of amides is 1. The van der Waals surface area contributed by atoms with Crippen molar-refractivity contribution in [2.75, 3.05) is 39.8 Å². The molecular weight excluding hydrogens is 168 g/mol. The number of carbonyl (C=O) groups is 1. The normalized spacial score (nSPS) is 33.8. The number of hydrogen-bond acceptors (Lipinski definition) is 3. The Bertz CT molecular complexity index is 206. The van der Waals surface area contributed by atoms with Gasteiger partial charge in [0.15, 0.2) is 0 Å². The van der Waals surface area contributed by atoms with Crippen LogP contribution in [0.25, 0.3) is 0 Å². The molecule has 4 heteroatoms. The Morgan fingerprint density at radius 3 is 2.31 bits per heavy atom. The molecule has 74 valence electrons. The minimum Gasteiger partial charge on any atom is -0.387 e. The van der Waals surface area contributed by atoms with Crippen LogP contribution >= 0.6 is 0 Å². The monoisotopic (exact) mass is 184 g/mol. The van der Waals surface area contributed by atoms with Gasteiger partial charge in [-0.1, -0.05) is 0 Å². The largest absolute Gasteiger partial charge is 0.387 e. The fourth-order valence-electron chi connectivity index (χ4n) is 2.53. The summed E-state index contributed by atoms with van der Waals surface area (Å²) in [6.45, 7) is 3.54. The van der Waals surface area contributed by atoms with Crippen molar-refractivity contribution >= 4 is 5.91 Å². The third-order valence-corrected chi connectivity index (χ3v) is 3.16. The molecule has 2 atom stereocenters. The second kappa shape index (κ2) is 3.27. The van der Waals surface area contributed by atoms with Crippen molar-refractivity contribution in [1.82, 2.24) is 9.80 Å². The van der Waals surface area contributed by atoms with Crippen LogP contribution in [0.5, 0.6) is 0 Å². The zero-order chi connectivity index (χ0) is 9.42. The van der Waals surface area contributed by atoms with Gasteiger partial charge in [-0.2, -0.15) is 0 Å². The van der Waals surface area contributed by atoms with E-state index in [1.54, 1.807) is 4.90 Å². The number of fused-ring (bicyclic) bond motifs is 1. The van der Waals surface area contributed by atoms with Crippen molar-refractivity contribution in [2.24, 2.45) is 11.8 Å². The quantitative estimate of drug-likeness (QED) is 0.568. The second-order valence-corrected chi connectivity index (χ2v) is 4.20. The standard InChI is InChI=1S/C9H16N2O2/c1-10-2-7-4-11(9(13)6-12)5-8(7)3-10/h7-8,12H,2-6H2,1H3/t7-,8+. The third-order valence-electron chi connectivity index (χ3n) is 3.16. The molecule has 2 fully saturated rings. The highest BCUT2D eigenvalue weighted by molar-refractivity contribution is 5.77. The summed E-state index contributed by atoms with van der Waals surface area (Å²) in [5.41, 5.74) is 0. The van der Waals surface area contributed by atoms with E-state index in [2.05, 4.69) is 11.9 Å². The van der Waals surface area contributed by atoms with Crippen LogP contribution in [0.4, 0.5) is 0 Å². The van der Waals surface area contributed by atoms with E-state index >= 15 is 0 Å². The van der Waals surface area contributed by atoms with Gasteiger partial charge in [-0.05, 0) is 18.9 Å². The van der Waals surface area contributed by atoms with Gasteiger partial charge < -0.3 is 14.9 Å². The highest BCUT2D eigenvalue weighted by Crippen LogP contribution is 2.29. The zero-order valence-corrected chi connectivity index (χ0v) is 7.94. The first-order valence-electron chi connectivity index (χ1n) is 4.78. The maximum absolute atomic E-state index is 11.2. The highest BCUT2D eigenvalue weighted by atomic mass is 16.3. The molecule has 2 saturated heterocycles. The molecule has 0 aromatic carbocycles. The molecule has 2 aliphatic heterocycles. The maximum atomic E-state index is 11.2. The number of nitrogens with zero attached hydrogens (tertiary/aromatic N) is 2. The van der Waals surface area contributed by atoms with Crippen LogP contribution in [0.15, 0.2) is 0 Å². The van der Waals surface area contributed by atoms with Gasteiger partial charge in [0.1, 0.15) is 6.61 Å². The first-order chi connectivity index (χ1) is 6.20. The highest BCUT2D eigenvalue weighted by Gasteiger charge is 2.39. The fourth-order valence-corrected chi connectivity index (χ4v) is 2.53. The van der Waals surface area contributed by atoms with E-state index in [-0.39, 0.29) is 12.5 Å². The van der Waals surface area contributed by atoms with Gasteiger partial charge in [0.05, 0.1) is 0 Å². The summed E-state index contributed by atoms with van der Waals surface area (Å²) < 4.78 is 0. The molecule has 1 N–H and O–H groups in total. The van der Waals surface area contributed by atoms with Crippen LogP contribution in [-0.2, 0) is 4.79 Å². The number of likely N-dealkylation sites (tertiary alicyclic amines) is 2. The van der Waals surface area contributed by atoms with Gasteiger partial charge in [-0.3, -0.25) is 4.79 Å². The summed E-state index contributed by atoms with van der Waals surface area (Å²) in [4.78, 5) is 15.3. The van der Waals surface area contributed by atoms with Crippen LogP contribution in [0.3, 0.4) is 0 Å².